The minimum atomic E-state index is -0.484. The number of likely N-dealkylation sites (tertiary alicyclic amines) is 1. The number of fused-ring (bicyclic) bond motifs is 1. The second kappa shape index (κ2) is 6.57. The Labute approximate surface area is 155 Å². The molecule has 2 atom stereocenters. The number of aryl methyl sites for hydroxylation is 2. The van der Waals surface area contributed by atoms with Crippen LogP contribution in [0.4, 0.5) is 4.39 Å². The summed E-state index contributed by atoms with van der Waals surface area (Å²) in [5.41, 5.74) is 0.737. The average Bonchev–Trinajstić information content (AvgIpc) is 3.25. The fraction of sp³-hybridized carbons (Fsp3) is 0.556. The van der Waals surface area contributed by atoms with Crippen LogP contribution in [0.15, 0.2) is 12.4 Å². The Balaban J connectivity index is 1.48. The van der Waals surface area contributed by atoms with Crippen LogP contribution >= 0.6 is 11.3 Å². The molecule has 8 heteroatoms. The number of halogens is 1. The van der Waals surface area contributed by atoms with Crippen molar-refractivity contribution in [2.24, 2.45) is 11.3 Å². The first-order valence-corrected chi connectivity index (χ1v) is 9.62. The number of carbonyl (C=O) groups is 1. The number of nitrogens with zero attached hydrogens (tertiary/aromatic N) is 4. The van der Waals surface area contributed by atoms with E-state index < -0.39 is 5.82 Å². The molecule has 138 valence electrons. The van der Waals surface area contributed by atoms with Crippen LogP contribution in [0.25, 0.3) is 0 Å². The van der Waals surface area contributed by atoms with Crippen molar-refractivity contribution in [3.63, 3.8) is 0 Å². The minimum Gasteiger partial charge on any atom is -0.463 e. The molecule has 2 unspecified atom stereocenters. The molecule has 2 aliphatic rings. The van der Waals surface area contributed by atoms with Gasteiger partial charge in [-0.2, -0.15) is 0 Å². The van der Waals surface area contributed by atoms with E-state index in [9.17, 15) is 9.18 Å². The quantitative estimate of drug-likeness (QED) is 0.820. The molecule has 0 radical (unpaired) electrons. The Morgan fingerprint density at radius 2 is 2.19 bits per heavy atom. The number of amides is 1. The highest BCUT2D eigenvalue weighted by Gasteiger charge is 2.51. The molecule has 1 aliphatic carbocycles. The summed E-state index contributed by atoms with van der Waals surface area (Å²) < 4.78 is 18.7. The molecule has 1 saturated heterocycles. The molecule has 1 amide bonds. The number of hydrogen-bond donors (Lipinski definition) is 0. The van der Waals surface area contributed by atoms with Gasteiger partial charge in [-0.3, -0.25) is 4.79 Å². The van der Waals surface area contributed by atoms with Crippen molar-refractivity contribution in [2.75, 3.05) is 19.7 Å². The van der Waals surface area contributed by atoms with Gasteiger partial charge in [0.15, 0.2) is 5.82 Å². The molecule has 6 nitrogen and oxygen atoms in total. The van der Waals surface area contributed by atoms with Gasteiger partial charge in [0.05, 0.1) is 29.7 Å². The summed E-state index contributed by atoms with van der Waals surface area (Å²) in [6, 6.07) is 0.185. The Morgan fingerprint density at radius 3 is 2.88 bits per heavy atom. The van der Waals surface area contributed by atoms with Gasteiger partial charge in [-0.15, -0.1) is 11.3 Å². The second-order valence-corrected chi connectivity index (χ2v) is 8.46. The molecule has 1 aliphatic heterocycles. The molecule has 2 fully saturated rings. The smallest absolute Gasteiger partial charge is 0.316 e. The van der Waals surface area contributed by atoms with Gasteiger partial charge < -0.3 is 9.64 Å². The maximum atomic E-state index is 13.0. The van der Waals surface area contributed by atoms with E-state index in [1.54, 1.807) is 0 Å². The van der Waals surface area contributed by atoms with E-state index in [1.165, 1.54) is 11.3 Å². The molecule has 0 aromatic carbocycles. The Bertz CT molecular complexity index is 825. The first-order valence-electron chi connectivity index (χ1n) is 8.80. The van der Waals surface area contributed by atoms with Gasteiger partial charge in [0.1, 0.15) is 4.88 Å². The van der Waals surface area contributed by atoms with E-state index in [2.05, 4.69) is 15.0 Å². The van der Waals surface area contributed by atoms with E-state index in [4.69, 9.17) is 4.74 Å². The van der Waals surface area contributed by atoms with E-state index in [-0.39, 0.29) is 17.3 Å². The highest BCUT2D eigenvalue weighted by atomic mass is 32.1. The van der Waals surface area contributed by atoms with Gasteiger partial charge in [0.2, 0.25) is 0 Å². The van der Waals surface area contributed by atoms with Crippen LogP contribution in [0.5, 0.6) is 6.01 Å². The first-order chi connectivity index (χ1) is 12.5. The molecular weight excluding hydrogens is 355 g/mol. The zero-order chi connectivity index (χ0) is 18.3. The lowest BCUT2D eigenvalue weighted by Gasteiger charge is -2.28. The molecule has 3 heterocycles. The van der Waals surface area contributed by atoms with Crippen LogP contribution in [0.2, 0.25) is 0 Å². The number of hydrogen-bond acceptors (Lipinski definition) is 6. The maximum Gasteiger partial charge on any atom is 0.316 e. The highest BCUT2D eigenvalue weighted by Crippen LogP contribution is 2.49. The van der Waals surface area contributed by atoms with Gasteiger partial charge in [-0.25, -0.2) is 19.3 Å². The largest absolute Gasteiger partial charge is 0.463 e. The summed E-state index contributed by atoms with van der Waals surface area (Å²) in [6.07, 6.45) is 5.46. The van der Waals surface area contributed by atoms with Crippen molar-refractivity contribution in [1.29, 1.82) is 0 Å². The number of aromatic nitrogens is 3. The van der Waals surface area contributed by atoms with Crippen LogP contribution in [-0.2, 0) is 0 Å². The minimum absolute atomic E-state index is 0.0684. The third-order valence-corrected chi connectivity index (χ3v) is 6.57. The van der Waals surface area contributed by atoms with Crippen molar-refractivity contribution in [3.05, 3.63) is 33.8 Å². The standard InChI is InChI=1S/C18H21FN4O2S/c1-11-15(26-12(2)22-11)16(24)23-8-13-4-3-5-18(13,9-23)10-25-17-20-6-14(19)7-21-17/h6-7,13H,3-5,8-10H2,1-2H3. The fourth-order valence-corrected chi connectivity index (χ4v) is 5.15. The summed E-state index contributed by atoms with van der Waals surface area (Å²) in [7, 11) is 0. The number of ether oxygens (including phenoxy) is 1. The second-order valence-electron chi connectivity index (χ2n) is 7.26. The van der Waals surface area contributed by atoms with E-state index in [0.717, 1.165) is 53.8 Å². The number of rotatable bonds is 4. The summed E-state index contributed by atoms with van der Waals surface area (Å²) >= 11 is 1.46. The molecule has 0 N–H and O–H groups in total. The van der Waals surface area contributed by atoms with E-state index in [0.29, 0.717) is 19.1 Å². The van der Waals surface area contributed by atoms with Crippen molar-refractivity contribution in [3.8, 4) is 6.01 Å². The highest BCUT2D eigenvalue weighted by molar-refractivity contribution is 7.13. The van der Waals surface area contributed by atoms with Crippen LogP contribution in [0.1, 0.15) is 39.6 Å². The number of thiazole rings is 1. The van der Waals surface area contributed by atoms with Gasteiger partial charge in [-0.1, -0.05) is 6.42 Å². The Kier molecular flexibility index (Phi) is 4.38. The van der Waals surface area contributed by atoms with Crippen molar-refractivity contribution in [1.82, 2.24) is 19.9 Å². The first kappa shape index (κ1) is 17.3. The van der Waals surface area contributed by atoms with Gasteiger partial charge in [0, 0.05) is 18.5 Å². The Morgan fingerprint density at radius 1 is 1.42 bits per heavy atom. The molecule has 0 bridgehead atoms. The maximum absolute atomic E-state index is 13.0. The predicted molar refractivity (Wildman–Crippen MR) is 94.8 cm³/mol. The van der Waals surface area contributed by atoms with Crippen LogP contribution < -0.4 is 4.74 Å². The molecule has 0 spiro atoms. The van der Waals surface area contributed by atoms with E-state index in [1.807, 2.05) is 18.7 Å². The third kappa shape index (κ3) is 3.06. The Hall–Kier alpha value is -2.09. The molecule has 2 aromatic heterocycles. The summed E-state index contributed by atoms with van der Waals surface area (Å²) in [5, 5.41) is 0.914. The van der Waals surface area contributed by atoms with Gasteiger partial charge in [-0.05, 0) is 32.6 Å². The zero-order valence-electron chi connectivity index (χ0n) is 14.9. The summed E-state index contributed by atoms with van der Waals surface area (Å²) in [4.78, 5) is 27.8. The van der Waals surface area contributed by atoms with Gasteiger partial charge in [0.25, 0.3) is 5.91 Å². The number of carbonyl (C=O) groups excluding carboxylic acids is 1. The van der Waals surface area contributed by atoms with Crippen LogP contribution in [-0.4, -0.2) is 45.5 Å². The van der Waals surface area contributed by atoms with Crippen LogP contribution in [0, 0.1) is 31.0 Å². The molecule has 2 aromatic rings. The SMILES string of the molecule is Cc1nc(C)c(C(=O)N2CC3CCCC3(COc3ncc(F)cn3)C2)s1. The zero-order valence-corrected chi connectivity index (χ0v) is 15.7. The monoisotopic (exact) mass is 376 g/mol. The summed E-state index contributed by atoms with van der Waals surface area (Å²) in [5.74, 6) is 0.00300. The normalized spacial score (nSPS) is 24.7. The lowest BCUT2D eigenvalue weighted by molar-refractivity contribution is 0.0746. The molecule has 4 rings (SSSR count). The fourth-order valence-electron chi connectivity index (χ4n) is 4.26. The van der Waals surface area contributed by atoms with E-state index >= 15 is 0 Å². The van der Waals surface area contributed by atoms with Crippen molar-refractivity contribution >= 4 is 17.2 Å². The summed E-state index contributed by atoms with van der Waals surface area (Å²) in [6.45, 7) is 5.69. The molecule has 26 heavy (non-hydrogen) atoms. The van der Waals surface area contributed by atoms with Crippen molar-refractivity contribution < 1.29 is 13.9 Å². The lowest BCUT2D eigenvalue weighted by atomic mass is 9.82. The topological polar surface area (TPSA) is 68.2 Å². The molecule has 1 saturated carbocycles. The predicted octanol–water partition coefficient (Wildman–Crippen LogP) is 3.01. The van der Waals surface area contributed by atoms with Crippen molar-refractivity contribution in [2.45, 2.75) is 33.1 Å². The van der Waals surface area contributed by atoms with Crippen LogP contribution in [0.3, 0.4) is 0 Å². The lowest BCUT2D eigenvalue weighted by Crippen LogP contribution is -2.35. The van der Waals surface area contributed by atoms with Gasteiger partial charge >= 0.3 is 6.01 Å². The average molecular weight is 376 g/mol. The third-order valence-electron chi connectivity index (χ3n) is 5.51. The molecular formula is C18H21FN4O2S.